The van der Waals surface area contributed by atoms with Crippen molar-refractivity contribution in [1.29, 1.82) is 0 Å². The molecule has 1 rings (SSSR count). The van der Waals surface area contributed by atoms with E-state index in [9.17, 15) is 13.2 Å². The van der Waals surface area contributed by atoms with E-state index >= 15 is 0 Å². The van der Waals surface area contributed by atoms with Crippen LogP contribution in [-0.4, -0.2) is 32.2 Å². The summed E-state index contributed by atoms with van der Waals surface area (Å²) in [5.41, 5.74) is 0.858. The zero-order valence-electron chi connectivity index (χ0n) is 10.5. The lowest BCUT2D eigenvalue weighted by atomic mass is 10.2. The maximum atomic E-state index is 11.7. The van der Waals surface area contributed by atoms with Crippen LogP contribution in [0.2, 0.25) is 0 Å². The van der Waals surface area contributed by atoms with E-state index < -0.39 is 21.9 Å². The van der Waals surface area contributed by atoms with Gasteiger partial charge in [0.1, 0.15) is 5.01 Å². The molecule has 1 heterocycles. The van der Waals surface area contributed by atoms with E-state index in [4.69, 9.17) is 0 Å². The second-order valence-electron chi connectivity index (χ2n) is 3.91. The molecule has 102 valence electrons. The van der Waals surface area contributed by atoms with Crippen molar-refractivity contribution in [2.24, 2.45) is 5.92 Å². The summed E-state index contributed by atoms with van der Waals surface area (Å²) in [4.78, 5) is 15.3. The first-order valence-corrected chi connectivity index (χ1v) is 7.83. The third kappa shape index (κ3) is 4.71. The van der Waals surface area contributed by atoms with E-state index in [0.717, 1.165) is 5.69 Å². The van der Waals surface area contributed by atoms with Gasteiger partial charge in [-0.05, 0) is 6.92 Å². The monoisotopic (exact) mass is 292 g/mol. The molecule has 0 aromatic carbocycles. The van der Waals surface area contributed by atoms with E-state index in [1.54, 1.807) is 0 Å². The van der Waals surface area contributed by atoms with Crippen LogP contribution < -0.4 is 4.72 Å². The van der Waals surface area contributed by atoms with Gasteiger partial charge in [0.05, 0.1) is 25.3 Å². The molecule has 1 aromatic heterocycles. The number of carbonyl (C=O) groups is 1. The molecular weight excluding hydrogens is 276 g/mol. The first-order valence-electron chi connectivity index (χ1n) is 5.30. The van der Waals surface area contributed by atoms with Crippen molar-refractivity contribution >= 4 is 27.3 Å². The van der Waals surface area contributed by atoms with Crippen LogP contribution >= 0.6 is 11.3 Å². The van der Waals surface area contributed by atoms with Gasteiger partial charge in [0.2, 0.25) is 10.0 Å². The number of ether oxygens (including phenoxy) is 1. The van der Waals surface area contributed by atoms with E-state index in [0.29, 0.717) is 5.01 Å². The van der Waals surface area contributed by atoms with Crippen molar-refractivity contribution in [2.75, 3.05) is 12.9 Å². The first kappa shape index (κ1) is 15.1. The summed E-state index contributed by atoms with van der Waals surface area (Å²) in [6, 6.07) is 0. The summed E-state index contributed by atoms with van der Waals surface area (Å²) in [5, 5.41) is 2.54. The minimum absolute atomic E-state index is 0.148. The fourth-order valence-electron chi connectivity index (χ4n) is 1.31. The van der Waals surface area contributed by atoms with Gasteiger partial charge in [-0.1, -0.05) is 6.92 Å². The van der Waals surface area contributed by atoms with Crippen LogP contribution in [0.3, 0.4) is 0 Å². The van der Waals surface area contributed by atoms with Crippen molar-refractivity contribution in [3.8, 4) is 0 Å². The second-order valence-corrected chi connectivity index (χ2v) is 6.70. The summed E-state index contributed by atoms with van der Waals surface area (Å²) in [7, 11) is -2.28. The number of esters is 1. The van der Waals surface area contributed by atoms with Crippen LogP contribution in [0.1, 0.15) is 17.6 Å². The standard InChI is InChI=1S/C10H16N2O4S2/c1-7(10(13)16-3)6-18(14,15)11-4-9-12-8(2)5-17-9/h5,7,11H,4,6H2,1-3H3/t7-/m0/s1. The highest BCUT2D eigenvalue weighted by atomic mass is 32.2. The number of thiazole rings is 1. The Morgan fingerprint density at radius 3 is 2.78 bits per heavy atom. The molecule has 0 spiro atoms. The van der Waals surface area contributed by atoms with E-state index in [1.807, 2.05) is 12.3 Å². The van der Waals surface area contributed by atoms with Crippen LogP contribution in [0.25, 0.3) is 0 Å². The summed E-state index contributed by atoms with van der Waals surface area (Å²) in [6.45, 7) is 3.50. The number of aromatic nitrogens is 1. The average molecular weight is 292 g/mol. The van der Waals surface area contributed by atoms with Gasteiger partial charge in [-0.15, -0.1) is 11.3 Å². The summed E-state index contributed by atoms with van der Waals surface area (Å²) >= 11 is 1.39. The van der Waals surface area contributed by atoms with Gasteiger partial charge in [-0.25, -0.2) is 18.1 Å². The number of hydrogen-bond donors (Lipinski definition) is 1. The van der Waals surface area contributed by atoms with Crippen LogP contribution in [0.5, 0.6) is 0 Å². The molecule has 0 amide bonds. The van der Waals surface area contributed by atoms with Gasteiger partial charge < -0.3 is 4.74 Å². The summed E-state index contributed by atoms with van der Waals surface area (Å²) < 4.78 is 30.3. The third-order valence-corrected chi connectivity index (χ3v) is 4.67. The molecule has 0 aliphatic heterocycles. The van der Waals surface area contributed by atoms with Gasteiger partial charge in [0, 0.05) is 11.1 Å². The van der Waals surface area contributed by atoms with Crippen molar-refractivity contribution in [3.63, 3.8) is 0 Å². The predicted molar refractivity (Wildman–Crippen MR) is 68.7 cm³/mol. The van der Waals surface area contributed by atoms with Crippen LogP contribution in [0, 0.1) is 12.8 Å². The maximum Gasteiger partial charge on any atom is 0.309 e. The lowest BCUT2D eigenvalue weighted by Crippen LogP contribution is -2.31. The number of hydrogen-bond acceptors (Lipinski definition) is 6. The van der Waals surface area contributed by atoms with Gasteiger partial charge in [0.25, 0.3) is 0 Å². The molecule has 0 aliphatic rings. The Labute approximate surface area is 110 Å². The van der Waals surface area contributed by atoms with Gasteiger partial charge in [-0.3, -0.25) is 4.79 Å². The Balaban J connectivity index is 2.52. The van der Waals surface area contributed by atoms with E-state index in [1.165, 1.54) is 25.4 Å². The molecule has 0 radical (unpaired) electrons. The third-order valence-electron chi connectivity index (χ3n) is 2.18. The number of carbonyl (C=O) groups excluding carboxylic acids is 1. The quantitative estimate of drug-likeness (QED) is 0.779. The Hall–Kier alpha value is -0.990. The van der Waals surface area contributed by atoms with E-state index in [2.05, 4.69) is 14.4 Å². The van der Waals surface area contributed by atoms with Crippen molar-refractivity contribution in [1.82, 2.24) is 9.71 Å². The molecule has 0 aliphatic carbocycles. The van der Waals surface area contributed by atoms with Crippen LogP contribution in [-0.2, 0) is 26.1 Å². The van der Waals surface area contributed by atoms with Crippen molar-refractivity contribution < 1.29 is 17.9 Å². The molecule has 1 N–H and O–H groups in total. The number of rotatable bonds is 6. The van der Waals surface area contributed by atoms with Crippen LogP contribution in [0.15, 0.2) is 5.38 Å². The fourth-order valence-corrected chi connectivity index (χ4v) is 3.38. The molecule has 8 heteroatoms. The number of methoxy groups -OCH3 is 1. The van der Waals surface area contributed by atoms with Gasteiger partial charge >= 0.3 is 5.97 Å². The molecule has 0 saturated heterocycles. The predicted octanol–water partition coefficient (Wildman–Crippen LogP) is 0.680. The molecule has 0 bridgehead atoms. The number of nitrogens with one attached hydrogen (secondary N) is 1. The normalized spacial score (nSPS) is 13.3. The lowest BCUT2D eigenvalue weighted by molar-refractivity contribution is -0.144. The molecular formula is C10H16N2O4S2. The highest BCUT2D eigenvalue weighted by Gasteiger charge is 2.22. The lowest BCUT2D eigenvalue weighted by Gasteiger charge is -2.10. The average Bonchev–Trinajstić information content (AvgIpc) is 2.71. The smallest absolute Gasteiger partial charge is 0.309 e. The Morgan fingerprint density at radius 2 is 2.28 bits per heavy atom. The molecule has 1 atom stereocenters. The zero-order valence-corrected chi connectivity index (χ0v) is 12.1. The number of nitrogens with zero attached hydrogens (tertiary/aromatic N) is 1. The second kappa shape index (κ2) is 6.26. The van der Waals surface area contributed by atoms with Gasteiger partial charge in [0.15, 0.2) is 0 Å². The SMILES string of the molecule is COC(=O)[C@@H](C)CS(=O)(=O)NCc1nc(C)cs1. The fraction of sp³-hybridized carbons (Fsp3) is 0.600. The molecule has 0 fully saturated rings. The molecule has 0 unspecified atom stereocenters. The largest absolute Gasteiger partial charge is 0.469 e. The number of aryl methyl sites for hydroxylation is 1. The molecule has 6 nitrogen and oxygen atoms in total. The molecule has 1 aromatic rings. The van der Waals surface area contributed by atoms with Crippen LogP contribution in [0.4, 0.5) is 0 Å². The van der Waals surface area contributed by atoms with Crippen molar-refractivity contribution in [3.05, 3.63) is 16.1 Å². The van der Waals surface area contributed by atoms with Crippen molar-refractivity contribution in [2.45, 2.75) is 20.4 Å². The number of sulfonamides is 1. The maximum absolute atomic E-state index is 11.7. The zero-order chi connectivity index (χ0) is 13.8. The first-order chi connectivity index (χ1) is 8.34. The highest BCUT2D eigenvalue weighted by molar-refractivity contribution is 7.89. The summed E-state index contributed by atoms with van der Waals surface area (Å²) in [6.07, 6.45) is 0. The topological polar surface area (TPSA) is 85.4 Å². The van der Waals surface area contributed by atoms with E-state index in [-0.39, 0.29) is 12.3 Å². The molecule has 18 heavy (non-hydrogen) atoms. The summed E-state index contributed by atoms with van der Waals surface area (Å²) in [5.74, 6) is -1.51. The minimum atomic E-state index is -3.51. The molecule has 0 saturated carbocycles. The minimum Gasteiger partial charge on any atom is -0.469 e. The Bertz CT molecular complexity index is 510. The highest BCUT2D eigenvalue weighted by Crippen LogP contribution is 2.09. The Morgan fingerprint density at radius 1 is 1.61 bits per heavy atom. The van der Waals surface area contributed by atoms with Gasteiger partial charge in [-0.2, -0.15) is 0 Å². The Kier molecular flexibility index (Phi) is 5.24.